The molecule has 0 radical (unpaired) electrons. The topological polar surface area (TPSA) is 39.2 Å². The van der Waals surface area contributed by atoms with E-state index in [0.717, 1.165) is 53.9 Å². The molecule has 3 aliphatic heterocycles. The fourth-order valence-electron chi connectivity index (χ4n) is 5.88. The summed E-state index contributed by atoms with van der Waals surface area (Å²) in [6.07, 6.45) is 0.609. The number of amides is 1. The quantitative estimate of drug-likeness (QED) is 0.462. The Labute approximate surface area is 215 Å². The number of halogens is 2. The van der Waals surface area contributed by atoms with Gasteiger partial charge >= 0.3 is 0 Å². The van der Waals surface area contributed by atoms with Gasteiger partial charge in [-0.25, -0.2) is 0 Å². The van der Waals surface area contributed by atoms with Gasteiger partial charge in [0.2, 0.25) is 0 Å². The molecule has 1 spiro atoms. The standard InChI is InChI=1S/C28H26Cl2N4O/c1-19-28(27(35)34(31-19)24-11-9-22(29)10-12-24)16-21-7-8-23(30)15-25(21)33-14-13-32(18-26(28)33)17-20-5-3-2-4-6-20/h2-12,15,26H,13-14,16-18H2,1H3/t26-,28-/m1/s1. The van der Waals surface area contributed by atoms with Crippen molar-refractivity contribution in [1.82, 2.24) is 4.90 Å². The predicted octanol–water partition coefficient (Wildman–Crippen LogP) is 5.65. The Balaban J connectivity index is 1.41. The third kappa shape index (κ3) is 3.74. The van der Waals surface area contributed by atoms with E-state index in [1.165, 1.54) is 5.56 Å². The van der Waals surface area contributed by atoms with Gasteiger partial charge in [-0.05, 0) is 60.9 Å². The second-order valence-electron chi connectivity index (χ2n) is 9.63. The molecule has 0 N–H and O–H groups in total. The highest BCUT2D eigenvalue weighted by atomic mass is 35.5. The second-order valence-corrected chi connectivity index (χ2v) is 10.5. The average Bonchev–Trinajstić information content (AvgIpc) is 3.11. The summed E-state index contributed by atoms with van der Waals surface area (Å²) in [5.74, 6) is 0.0227. The fourth-order valence-corrected chi connectivity index (χ4v) is 6.17. The van der Waals surface area contributed by atoms with Crippen molar-refractivity contribution >= 4 is 46.2 Å². The first-order valence-electron chi connectivity index (χ1n) is 11.9. The molecule has 1 amide bonds. The lowest BCUT2D eigenvalue weighted by molar-refractivity contribution is -0.125. The van der Waals surface area contributed by atoms with Crippen LogP contribution in [0, 0.1) is 5.41 Å². The van der Waals surface area contributed by atoms with E-state index in [1.54, 1.807) is 17.1 Å². The summed E-state index contributed by atoms with van der Waals surface area (Å²) in [5.41, 5.74) is 4.41. The lowest BCUT2D eigenvalue weighted by Crippen LogP contribution is -2.66. The van der Waals surface area contributed by atoms with Crippen LogP contribution in [-0.2, 0) is 17.8 Å². The highest BCUT2D eigenvalue weighted by Gasteiger charge is 2.59. The maximum absolute atomic E-state index is 14.3. The monoisotopic (exact) mass is 504 g/mol. The lowest BCUT2D eigenvalue weighted by Gasteiger charge is -2.53. The molecule has 3 aromatic carbocycles. The molecular weight excluding hydrogens is 479 g/mol. The number of piperazine rings is 1. The predicted molar refractivity (Wildman–Crippen MR) is 142 cm³/mol. The molecule has 5 nitrogen and oxygen atoms in total. The Morgan fingerprint density at radius 3 is 2.49 bits per heavy atom. The number of hydrogen-bond acceptors (Lipinski definition) is 4. The number of fused-ring (bicyclic) bond motifs is 4. The largest absolute Gasteiger partial charge is 0.364 e. The molecule has 3 aromatic rings. The van der Waals surface area contributed by atoms with Crippen molar-refractivity contribution in [2.45, 2.75) is 25.9 Å². The minimum atomic E-state index is -0.740. The van der Waals surface area contributed by atoms with E-state index in [9.17, 15) is 4.79 Å². The third-order valence-electron chi connectivity index (χ3n) is 7.65. The number of hydrogen-bond donors (Lipinski definition) is 0. The highest BCUT2D eigenvalue weighted by molar-refractivity contribution is 6.31. The Hall–Kier alpha value is -2.86. The summed E-state index contributed by atoms with van der Waals surface area (Å²) in [6, 6.07) is 23.8. The first-order valence-corrected chi connectivity index (χ1v) is 12.7. The molecule has 0 aliphatic carbocycles. The number of rotatable bonds is 3. The van der Waals surface area contributed by atoms with Crippen LogP contribution in [0.25, 0.3) is 0 Å². The number of anilines is 2. The van der Waals surface area contributed by atoms with E-state index in [-0.39, 0.29) is 11.9 Å². The number of benzene rings is 3. The Kier molecular flexibility index (Phi) is 5.59. The van der Waals surface area contributed by atoms with Gasteiger partial charge in [0.05, 0.1) is 17.4 Å². The van der Waals surface area contributed by atoms with Crippen LogP contribution in [0.1, 0.15) is 18.1 Å². The molecule has 2 atom stereocenters. The molecule has 0 aromatic heterocycles. The van der Waals surface area contributed by atoms with Gasteiger partial charge in [-0.15, -0.1) is 0 Å². The van der Waals surface area contributed by atoms with Gasteiger partial charge in [0.15, 0.2) is 0 Å². The van der Waals surface area contributed by atoms with Crippen molar-refractivity contribution in [3.05, 3.63) is 94.0 Å². The van der Waals surface area contributed by atoms with E-state index in [1.807, 2.05) is 37.3 Å². The molecule has 0 bridgehead atoms. The normalized spacial score (nSPS) is 23.9. The molecule has 0 unspecified atom stereocenters. The van der Waals surface area contributed by atoms with Gasteiger partial charge in [-0.3, -0.25) is 9.69 Å². The van der Waals surface area contributed by atoms with Crippen LogP contribution in [0.4, 0.5) is 11.4 Å². The van der Waals surface area contributed by atoms with Crippen molar-refractivity contribution in [3.63, 3.8) is 0 Å². The molecule has 6 rings (SSSR count). The van der Waals surface area contributed by atoms with Crippen molar-refractivity contribution in [2.24, 2.45) is 10.5 Å². The maximum atomic E-state index is 14.3. The van der Waals surface area contributed by atoms with E-state index in [4.69, 9.17) is 28.3 Å². The van der Waals surface area contributed by atoms with Crippen LogP contribution >= 0.6 is 23.2 Å². The van der Waals surface area contributed by atoms with Gasteiger partial charge in [0.1, 0.15) is 5.41 Å². The van der Waals surface area contributed by atoms with Crippen LogP contribution < -0.4 is 9.91 Å². The summed E-state index contributed by atoms with van der Waals surface area (Å²) in [7, 11) is 0. The molecule has 1 saturated heterocycles. The Morgan fingerprint density at radius 2 is 1.71 bits per heavy atom. The second kappa shape index (κ2) is 8.66. The number of nitrogens with zero attached hydrogens (tertiary/aromatic N) is 4. The average molecular weight is 505 g/mol. The van der Waals surface area contributed by atoms with Crippen LogP contribution in [0.15, 0.2) is 77.9 Å². The highest BCUT2D eigenvalue weighted by Crippen LogP contribution is 2.48. The summed E-state index contributed by atoms with van der Waals surface area (Å²) in [5, 5.41) is 7.75. The third-order valence-corrected chi connectivity index (χ3v) is 8.14. The van der Waals surface area contributed by atoms with Crippen LogP contribution in [0.3, 0.4) is 0 Å². The SMILES string of the molecule is CC1=NN(c2ccc(Cl)cc2)C(=O)[C@]12Cc1ccc(Cl)cc1N1CCN(Cc3ccccc3)C[C@@H]12. The van der Waals surface area contributed by atoms with Crippen molar-refractivity contribution in [2.75, 3.05) is 29.5 Å². The first-order chi connectivity index (χ1) is 17.0. The molecule has 35 heavy (non-hydrogen) atoms. The van der Waals surface area contributed by atoms with Gasteiger partial charge in [0, 0.05) is 41.9 Å². The molecule has 3 aliphatic rings. The Morgan fingerprint density at radius 1 is 0.971 bits per heavy atom. The summed E-state index contributed by atoms with van der Waals surface area (Å²) >= 11 is 12.5. The number of carbonyl (C=O) groups is 1. The summed E-state index contributed by atoms with van der Waals surface area (Å²) in [4.78, 5) is 19.1. The van der Waals surface area contributed by atoms with Gasteiger partial charge in [0.25, 0.3) is 5.91 Å². The molecular formula is C28H26Cl2N4O. The van der Waals surface area contributed by atoms with Crippen LogP contribution in [-0.4, -0.2) is 42.2 Å². The van der Waals surface area contributed by atoms with Gasteiger partial charge in [-0.1, -0.05) is 59.6 Å². The zero-order chi connectivity index (χ0) is 24.2. The first kappa shape index (κ1) is 22.6. The number of carbonyl (C=O) groups excluding carboxylic acids is 1. The molecule has 7 heteroatoms. The van der Waals surface area contributed by atoms with E-state index in [2.05, 4.69) is 40.1 Å². The molecule has 178 valence electrons. The minimum absolute atomic E-state index is 0.0227. The smallest absolute Gasteiger partial charge is 0.261 e. The maximum Gasteiger partial charge on any atom is 0.261 e. The van der Waals surface area contributed by atoms with Gasteiger partial charge in [-0.2, -0.15) is 10.1 Å². The minimum Gasteiger partial charge on any atom is -0.364 e. The van der Waals surface area contributed by atoms with E-state index < -0.39 is 5.41 Å². The van der Waals surface area contributed by atoms with Crippen molar-refractivity contribution < 1.29 is 4.79 Å². The fraction of sp³-hybridized carbons (Fsp3) is 0.286. The van der Waals surface area contributed by atoms with E-state index >= 15 is 0 Å². The Bertz CT molecular complexity index is 1310. The number of hydrazone groups is 1. The van der Waals surface area contributed by atoms with E-state index in [0.29, 0.717) is 11.4 Å². The zero-order valence-corrected chi connectivity index (χ0v) is 21.0. The summed E-state index contributed by atoms with van der Waals surface area (Å²) < 4.78 is 0. The lowest BCUT2D eigenvalue weighted by atomic mass is 9.67. The molecule has 0 saturated carbocycles. The molecule has 1 fully saturated rings. The summed E-state index contributed by atoms with van der Waals surface area (Å²) in [6.45, 7) is 5.37. The van der Waals surface area contributed by atoms with Crippen LogP contribution in [0.2, 0.25) is 10.0 Å². The van der Waals surface area contributed by atoms with Crippen molar-refractivity contribution in [1.29, 1.82) is 0 Å². The van der Waals surface area contributed by atoms with Gasteiger partial charge < -0.3 is 4.90 Å². The van der Waals surface area contributed by atoms with Crippen LogP contribution in [0.5, 0.6) is 0 Å². The van der Waals surface area contributed by atoms with Crippen molar-refractivity contribution in [3.8, 4) is 0 Å². The molecule has 3 heterocycles. The zero-order valence-electron chi connectivity index (χ0n) is 19.5.